The van der Waals surface area contributed by atoms with Gasteiger partial charge in [0.25, 0.3) is 0 Å². The number of pyridine rings is 3. The van der Waals surface area contributed by atoms with E-state index in [4.69, 9.17) is 4.42 Å². The van der Waals surface area contributed by atoms with Crippen LogP contribution in [0.3, 0.4) is 0 Å². The van der Waals surface area contributed by atoms with Crippen molar-refractivity contribution in [3.8, 4) is 22.5 Å². The monoisotopic (exact) mass is 830 g/mol. The molecule has 251 valence electrons. The van der Waals surface area contributed by atoms with Crippen LogP contribution < -0.4 is 5.19 Å². The first kappa shape index (κ1) is 35.9. The third kappa shape index (κ3) is 8.77. The number of fused-ring (bicyclic) bond motifs is 3. The van der Waals surface area contributed by atoms with E-state index in [0.717, 1.165) is 63.3 Å². The van der Waals surface area contributed by atoms with Gasteiger partial charge in [0.05, 0.1) is 13.7 Å². The number of aryl methyl sites for hydroxylation is 1. The molecule has 1 radical (unpaired) electrons. The zero-order chi connectivity index (χ0) is 33.0. The van der Waals surface area contributed by atoms with Crippen LogP contribution in [0.1, 0.15) is 62.8 Å². The third-order valence-electron chi connectivity index (χ3n) is 9.17. The van der Waals surface area contributed by atoms with E-state index in [1.807, 2.05) is 43.5 Å². The van der Waals surface area contributed by atoms with Crippen molar-refractivity contribution in [2.75, 3.05) is 0 Å². The topological polar surface area (TPSA) is 51.8 Å². The Balaban J connectivity index is 0.000000193. The first-order valence-corrected chi connectivity index (χ1v) is 20.8. The summed E-state index contributed by atoms with van der Waals surface area (Å²) in [6.45, 7) is 13.7. The predicted octanol–water partition coefficient (Wildman–Crippen LogP) is 10.6. The number of hydrogen-bond donors (Lipinski definition) is 0. The molecule has 1 aliphatic carbocycles. The van der Waals surface area contributed by atoms with Gasteiger partial charge in [0.2, 0.25) is 5.71 Å². The SMILES string of the molecule is CC(C)Cc1cc(-c2[c-]cccc2)ncc1[Si](C)(C)C.Cc1ccc2c(n1)oc1c[c-]c(-c3cc(CC4CCCCC4)ccn3)cc12.[Ir]. The van der Waals surface area contributed by atoms with E-state index in [1.54, 1.807) is 0 Å². The Bertz CT molecular complexity index is 1960. The second-order valence-corrected chi connectivity index (χ2v) is 19.7. The van der Waals surface area contributed by atoms with Crippen molar-refractivity contribution in [1.29, 1.82) is 0 Å². The second kappa shape index (κ2) is 15.8. The van der Waals surface area contributed by atoms with Crippen molar-refractivity contribution in [3.63, 3.8) is 0 Å². The molecule has 1 saturated carbocycles. The zero-order valence-corrected chi connectivity index (χ0v) is 32.6. The summed E-state index contributed by atoms with van der Waals surface area (Å²) in [6.07, 6.45) is 13.2. The van der Waals surface area contributed by atoms with E-state index in [2.05, 4.69) is 103 Å². The van der Waals surface area contributed by atoms with Gasteiger partial charge >= 0.3 is 0 Å². The summed E-state index contributed by atoms with van der Waals surface area (Å²) in [5.41, 5.74) is 9.46. The van der Waals surface area contributed by atoms with Crippen molar-refractivity contribution < 1.29 is 24.5 Å². The van der Waals surface area contributed by atoms with Gasteiger partial charge in [-0.15, -0.1) is 59.7 Å². The molecule has 7 rings (SSSR count). The van der Waals surface area contributed by atoms with Gasteiger partial charge < -0.3 is 14.4 Å². The zero-order valence-electron chi connectivity index (χ0n) is 29.2. The first-order valence-electron chi connectivity index (χ1n) is 17.3. The summed E-state index contributed by atoms with van der Waals surface area (Å²) >= 11 is 0. The molecule has 6 heteroatoms. The summed E-state index contributed by atoms with van der Waals surface area (Å²) in [7, 11) is -1.34. The fourth-order valence-electron chi connectivity index (χ4n) is 6.80. The molecule has 4 heterocycles. The summed E-state index contributed by atoms with van der Waals surface area (Å²) in [5, 5.41) is 3.61. The normalized spacial score (nSPS) is 13.7. The maximum absolute atomic E-state index is 5.89. The van der Waals surface area contributed by atoms with Crippen molar-refractivity contribution in [1.82, 2.24) is 15.0 Å². The number of benzene rings is 2. The fraction of sp³-hybridized carbons (Fsp3) is 0.357. The van der Waals surface area contributed by atoms with Gasteiger partial charge in [0.15, 0.2) is 0 Å². The number of hydrogen-bond acceptors (Lipinski definition) is 4. The molecular formula is C42H47IrN3OSi-2. The van der Waals surface area contributed by atoms with Crippen molar-refractivity contribution in [3.05, 3.63) is 108 Å². The smallest absolute Gasteiger partial charge is 0.216 e. The Morgan fingerprint density at radius 1 is 0.875 bits per heavy atom. The maximum atomic E-state index is 5.89. The van der Waals surface area contributed by atoms with Crippen LogP contribution in [0.5, 0.6) is 0 Å². The van der Waals surface area contributed by atoms with Crippen molar-refractivity contribution in [2.24, 2.45) is 11.8 Å². The van der Waals surface area contributed by atoms with Gasteiger partial charge in [-0.2, -0.15) is 0 Å². The number of furan rings is 1. The van der Waals surface area contributed by atoms with E-state index >= 15 is 0 Å². The van der Waals surface area contributed by atoms with Gasteiger partial charge in [-0.25, -0.2) is 4.98 Å². The molecule has 4 nitrogen and oxygen atoms in total. The molecule has 0 saturated heterocycles. The molecular weight excluding hydrogens is 783 g/mol. The van der Waals surface area contributed by atoms with E-state index in [9.17, 15) is 0 Å². The minimum atomic E-state index is -1.34. The molecule has 0 amide bonds. The van der Waals surface area contributed by atoms with Gasteiger partial charge in [-0.05, 0) is 66.4 Å². The van der Waals surface area contributed by atoms with Crippen LogP contribution in [0.15, 0.2) is 83.5 Å². The summed E-state index contributed by atoms with van der Waals surface area (Å²) in [4.78, 5) is 13.8. The predicted molar refractivity (Wildman–Crippen MR) is 199 cm³/mol. The molecule has 0 aliphatic heterocycles. The maximum Gasteiger partial charge on any atom is 0.216 e. The quantitative estimate of drug-likeness (QED) is 0.119. The molecule has 4 aromatic heterocycles. The van der Waals surface area contributed by atoms with Crippen LogP contribution in [0, 0.1) is 30.9 Å². The minimum absolute atomic E-state index is 0. The standard InChI is InChI=1S/C24H23N2O.C18H24NSi.Ir/c1-16-7-9-20-21-15-19(8-10-23(21)27-24(20)26-16)22-14-18(11-12-25-22)13-17-5-3-2-4-6-17;1-14(2)11-16-12-17(15-9-7-6-8-10-15)19-13-18(16)20(3,4)5;/h7,9-12,14-15,17H,2-6,13H2,1H3;6-9,12-14H,11H2,1-5H3;/q2*-1;. The molecule has 2 aromatic carbocycles. The largest absolute Gasteiger partial charge is 0.486 e. The van der Waals surface area contributed by atoms with Crippen LogP contribution in [-0.4, -0.2) is 23.0 Å². The van der Waals surface area contributed by atoms with Crippen molar-refractivity contribution in [2.45, 2.75) is 85.4 Å². The van der Waals surface area contributed by atoms with Gasteiger partial charge in [-0.3, -0.25) is 0 Å². The average Bonchev–Trinajstić information content (AvgIpc) is 3.42. The molecule has 0 atom stereocenters. The number of aromatic nitrogens is 3. The van der Waals surface area contributed by atoms with Crippen LogP contribution in [-0.2, 0) is 32.9 Å². The van der Waals surface area contributed by atoms with Gasteiger partial charge in [0, 0.05) is 43.6 Å². The Hall–Kier alpha value is -3.44. The molecule has 1 aliphatic rings. The Morgan fingerprint density at radius 3 is 2.40 bits per heavy atom. The van der Waals surface area contributed by atoms with Crippen molar-refractivity contribution >= 4 is 35.3 Å². The first-order chi connectivity index (χ1) is 22.6. The fourth-order valence-corrected chi connectivity index (χ4v) is 8.38. The van der Waals surface area contributed by atoms with Crippen LogP contribution in [0.2, 0.25) is 19.6 Å². The molecule has 0 N–H and O–H groups in total. The summed E-state index contributed by atoms with van der Waals surface area (Å²) in [5.74, 6) is 1.49. The molecule has 48 heavy (non-hydrogen) atoms. The summed E-state index contributed by atoms with van der Waals surface area (Å²) < 4.78 is 5.89. The average molecular weight is 830 g/mol. The third-order valence-corrected chi connectivity index (χ3v) is 11.2. The Labute approximate surface area is 301 Å². The van der Waals surface area contributed by atoms with Gasteiger partial charge in [-0.1, -0.05) is 94.2 Å². The van der Waals surface area contributed by atoms with E-state index in [1.165, 1.54) is 48.4 Å². The summed E-state index contributed by atoms with van der Waals surface area (Å²) in [6, 6.07) is 29.5. The van der Waals surface area contributed by atoms with E-state index in [0.29, 0.717) is 11.6 Å². The van der Waals surface area contributed by atoms with E-state index in [-0.39, 0.29) is 20.1 Å². The molecule has 0 unspecified atom stereocenters. The number of nitrogens with zero attached hydrogens (tertiary/aromatic N) is 3. The molecule has 1 fully saturated rings. The van der Waals surface area contributed by atoms with Crippen LogP contribution in [0.4, 0.5) is 0 Å². The molecule has 6 aromatic rings. The van der Waals surface area contributed by atoms with Crippen LogP contribution >= 0.6 is 0 Å². The Morgan fingerprint density at radius 2 is 1.67 bits per heavy atom. The molecule has 0 spiro atoms. The van der Waals surface area contributed by atoms with Crippen LogP contribution in [0.25, 0.3) is 44.6 Å². The Kier molecular flexibility index (Phi) is 11.8. The minimum Gasteiger partial charge on any atom is -0.486 e. The number of rotatable bonds is 7. The molecule has 0 bridgehead atoms. The second-order valence-electron chi connectivity index (χ2n) is 14.6. The van der Waals surface area contributed by atoms with E-state index < -0.39 is 8.07 Å². The van der Waals surface area contributed by atoms with Gasteiger partial charge in [0.1, 0.15) is 0 Å².